The number of hydrogen-bond donors (Lipinski definition) is 2. The van der Waals surface area contributed by atoms with E-state index in [1.165, 1.54) is 24.5 Å². The first-order valence-corrected chi connectivity index (χ1v) is 8.39. The molecule has 0 saturated heterocycles. The predicted molar refractivity (Wildman–Crippen MR) is 97.1 cm³/mol. The number of rotatable bonds is 4. The Hall–Kier alpha value is -3.95. The molecule has 0 aliphatic rings. The van der Waals surface area contributed by atoms with E-state index in [0.29, 0.717) is 23.6 Å². The van der Waals surface area contributed by atoms with Crippen molar-refractivity contribution in [3.05, 3.63) is 89.5 Å². The highest BCUT2D eigenvalue weighted by Gasteiger charge is 2.34. The standard InChI is InChI=1S/C20H13F4N3O3/c21-17-5-4-13(11-16(17)20(22,23)24)19(29)27-26-18(28)12-2-1-3-15(10-12)30-14-6-8-25-9-7-14/h1-11H,(H,26,28)(H,27,29). The molecule has 1 aromatic heterocycles. The van der Waals surface area contributed by atoms with Crippen molar-refractivity contribution in [3.63, 3.8) is 0 Å². The van der Waals surface area contributed by atoms with Gasteiger partial charge < -0.3 is 4.74 Å². The van der Waals surface area contributed by atoms with Crippen LogP contribution < -0.4 is 15.6 Å². The second-order valence-corrected chi connectivity index (χ2v) is 5.91. The molecular formula is C20H13F4N3O3. The Morgan fingerprint density at radius 3 is 2.10 bits per heavy atom. The van der Waals surface area contributed by atoms with Gasteiger partial charge in [-0.05, 0) is 48.5 Å². The SMILES string of the molecule is O=C(NNC(=O)c1ccc(F)c(C(F)(F)F)c1)c1cccc(Oc2ccncc2)c1. The van der Waals surface area contributed by atoms with Crippen molar-refractivity contribution in [2.24, 2.45) is 0 Å². The highest BCUT2D eigenvalue weighted by Crippen LogP contribution is 2.31. The van der Waals surface area contributed by atoms with Crippen LogP contribution in [-0.2, 0) is 6.18 Å². The molecule has 154 valence electrons. The first kappa shape index (κ1) is 20.8. The fourth-order valence-corrected chi connectivity index (χ4v) is 2.38. The van der Waals surface area contributed by atoms with Crippen LogP contribution in [0.15, 0.2) is 67.0 Å². The van der Waals surface area contributed by atoms with E-state index in [4.69, 9.17) is 4.74 Å². The Labute approximate surface area is 167 Å². The van der Waals surface area contributed by atoms with E-state index in [9.17, 15) is 27.2 Å². The van der Waals surface area contributed by atoms with Crippen molar-refractivity contribution in [2.75, 3.05) is 0 Å². The molecule has 0 unspecified atom stereocenters. The zero-order chi connectivity index (χ0) is 21.7. The summed E-state index contributed by atoms with van der Waals surface area (Å²) in [5.41, 5.74) is 2.14. The van der Waals surface area contributed by atoms with Crippen molar-refractivity contribution in [1.82, 2.24) is 15.8 Å². The minimum Gasteiger partial charge on any atom is -0.457 e. The van der Waals surface area contributed by atoms with Gasteiger partial charge in [-0.15, -0.1) is 0 Å². The highest BCUT2D eigenvalue weighted by atomic mass is 19.4. The average Bonchev–Trinajstić information content (AvgIpc) is 2.72. The van der Waals surface area contributed by atoms with Crippen molar-refractivity contribution >= 4 is 11.8 Å². The van der Waals surface area contributed by atoms with Crippen molar-refractivity contribution in [3.8, 4) is 11.5 Å². The van der Waals surface area contributed by atoms with E-state index in [0.717, 1.165) is 6.07 Å². The molecule has 0 saturated carbocycles. The molecule has 0 aliphatic heterocycles. The number of benzene rings is 2. The summed E-state index contributed by atoms with van der Waals surface area (Å²) < 4.78 is 57.2. The molecule has 0 radical (unpaired) electrons. The number of carbonyl (C=O) groups is 2. The van der Waals surface area contributed by atoms with Gasteiger partial charge in [0.25, 0.3) is 11.8 Å². The van der Waals surface area contributed by atoms with E-state index in [1.807, 2.05) is 5.43 Å². The Kier molecular flexibility index (Phi) is 5.95. The van der Waals surface area contributed by atoms with Gasteiger partial charge in [0.15, 0.2) is 0 Å². The fourth-order valence-electron chi connectivity index (χ4n) is 2.38. The van der Waals surface area contributed by atoms with E-state index in [1.54, 1.807) is 24.3 Å². The molecule has 1 heterocycles. The maximum atomic E-state index is 13.3. The van der Waals surface area contributed by atoms with E-state index < -0.39 is 34.9 Å². The van der Waals surface area contributed by atoms with Gasteiger partial charge in [0, 0.05) is 23.5 Å². The third-order valence-electron chi connectivity index (χ3n) is 3.81. The van der Waals surface area contributed by atoms with E-state index in [-0.39, 0.29) is 5.56 Å². The number of carbonyl (C=O) groups excluding carboxylic acids is 2. The quantitative estimate of drug-likeness (QED) is 0.493. The summed E-state index contributed by atoms with van der Waals surface area (Å²) in [6, 6.07) is 11.0. The summed E-state index contributed by atoms with van der Waals surface area (Å²) in [6.45, 7) is 0. The number of alkyl halides is 3. The van der Waals surface area contributed by atoms with Crippen LogP contribution >= 0.6 is 0 Å². The molecular weight excluding hydrogens is 406 g/mol. The molecule has 0 aliphatic carbocycles. The number of aromatic nitrogens is 1. The highest BCUT2D eigenvalue weighted by molar-refractivity contribution is 5.99. The molecule has 2 amide bonds. The lowest BCUT2D eigenvalue weighted by atomic mass is 10.1. The minimum absolute atomic E-state index is 0.122. The van der Waals surface area contributed by atoms with Crippen LogP contribution in [0.4, 0.5) is 17.6 Å². The average molecular weight is 419 g/mol. The van der Waals surface area contributed by atoms with Gasteiger partial charge in [0.2, 0.25) is 0 Å². The molecule has 0 spiro atoms. The molecule has 2 N–H and O–H groups in total. The molecule has 30 heavy (non-hydrogen) atoms. The van der Waals surface area contributed by atoms with Crippen LogP contribution in [0, 0.1) is 5.82 Å². The van der Waals surface area contributed by atoms with Crippen LogP contribution in [0.25, 0.3) is 0 Å². The first-order chi connectivity index (χ1) is 14.2. The number of nitrogens with one attached hydrogen (secondary N) is 2. The Morgan fingerprint density at radius 1 is 0.833 bits per heavy atom. The van der Waals surface area contributed by atoms with Crippen LogP contribution in [-0.4, -0.2) is 16.8 Å². The number of nitrogens with zero attached hydrogens (tertiary/aromatic N) is 1. The summed E-state index contributed by atoms with van der Waals surface area (Å²) >= 11 is 0. The second kappa shape index (κ2) is 8.60. The van der Waals surface area contributed by atoms with E-state index >= 15 is 0 Å². The van der Waals surface area contributed by atoms with Crippen LogP contribution in [0.3, 0.4) is 0 Å². The minimum atomic E-state index is -4.96. The second-order valence-electron chi connectivity index (χ2n) is 5.91. The number of hydrogen-bond acceptors (Lipinski definition) is 4. The molecule has 2 aromatic carbocycles. The molecule has 3 aromatic rings. The maximum Gasteiger partial charge on any atom is 0.419 e. The normalized spacial score (nSPS) is 10.9. The molecule has 0 fully saturated rings. The first-order valence-electron chi connectivity index (χ1n) is 8.39. The summed E-state index contributed by atoms with van der Waals surface area (Å²) in [5, 5.41) is 0. The Balaban J connectivity index is 1.66. The van der Waals surface area contributed by atoms with Crippen molar-refractivity contribution in [2.45, 2.75) is 6.18 Å². The number of amides is 2. The third kappa shape index (κ3) is 5.10. The van der Waals surface area contributed by atoms with Crippen LogP contribution in [0.5, 0.6) is 11.5 Å². The fraction of sp³-hybridized carbons (Fsp3) is 0.0500. The van der Waals surface area contributed by atoms with Gasteiger partial charge in [0.1, 0.15) is 17.3 Å². The monoisotopic (exact) mass is 419 g/mol. The smallest absolute Gasteiger partial charge is 0.419 e. The van der Waals surface area contributed by atoms with Crippen molar-refractivity contribution < 1.29 is 31.9 Å². The van der Waals surface area contributed by atoms with Gasteiger partial charge >= 0.3 is 6.18 Å². The maximum absolute atomic E-state index is 13.3. The number of ether oxygens (including phenoxy) is 1. The molecule has 6 nitrogen and oxygen atoms in total. The van der Waals surface area contributed by atoms with Crippen molar-refractivity contribution in [1.29, 1.82) is 0 Å². The van der Waals surface area contributed by atoms with E-state index in [2.05, 4.69) is 10.4 Å². The zero-order valence-electron chi connectivity index (χ0n) is 15.0. The molecule has 3 rings (SSSR count). The van der Waals surface area contributed by atoms with Gasteiger partial charge in [-0.3, -0.25) is 25.4 Å². The molecule has 0 bridgehead atoms. The molecule has 10 heteroatoms. The topological polar surface area (TPSA) is 80.3 Å². The lowest BCUT2D eigenvalue weighted by Gasteiger charge is -2.11. The largest absolute Gasteiger partial charge is 0.457 e. The van der Waals surface area contributed by atoms with Crippen LogP contribution in [0.1, 0.15) is 26.3 Å². The molecule has 0 atom stereocenters. The van der Waals surface area contributed by atoms with Gasteiger partial charge in [-0.1, -0.05) is 6.07 Å². The summed E-state index contributed by atoms with van der Waals surface area (Å²) in [4.78, 5) is 28.1. The third-order valence-corrected chi connectivity index (χ3v) is 3.81. The Morgan fingerprint density at radius 2 is 1.47 bits per heavy atom. The zero-order valence-corrected chi connectivity index (χ0v) is 15.0. The van der Waals surface area contributed by atoms with Crippen LogP contribution in [0.2, 0.25) is 0 Å². The van der Waals surface area contributed by atoms with Gasteiger partial charge in [0.05, 0.1) is 5.56 Å². The predicted octanol–water partition coefficient (Wildman–Crippen LogP) is 4.11. The van der Waals surface area contributed by atoms with Gasteiger partial charge in [-0.25, -0.2) is 4.39 Å². The number of halogens is 4. The summed E-state index contributed by atoms with van der Waals surface area (Å²) in [6.07, 6.45) is -1.90. The lowest BCUT2D eigenvalue weighted by Crippen LogP contribution is -2.41. The Bertz CT molecular complexity index is 1070. The summed E-state index contributed by atoms with van der Waals surface area (Å²) in [7, 11) is 0. The summed E-state index contributed by atoms with van der Waals surface area (Å²) in [5.74, 6) is -2.45. The van der Waals surface area contributed by atoms with Gasteiger partial charge in [-0.2, -0.15) is 13.2 Å². The lowest BCUT2D eigenvalue weighted by molar-refractivity contribution is -0.140. The number of pyridine rings is 1. The number of hydrazine groups is 1.